The van der Waals surface area contributed by atoms with Gasteiger partial charge in [-0.25, -0.2) is 4.79 Å². The van der Waals surface area contributed by atoms with Gasteiger partial charge in [-0.1, -0.05) is 29.8 Å². The van der Waals surface area contributed by atoms with Crippen LogP contribution in [0.3, 0.4) is 0 Å². The molecule has 3 nitrogen and oxygen atoms in total. The highest BCUT2D eigenvalue weighted by Gasteiger charge is 2.07. The summed E-state index contributed by atoms with van der Waals surface area (Å²) in [7, 11) is 0. The first-order valence-corrected chi connectivity index (χ1v) is 8.03. The molecule has 0 aliphatic rings. The van der Waals surface area contributed by atoms with E-state index in [1.165, 1.54) is 5.56 Å². The van der Waals surface area contributed by atoms with Crippen LogP contribution >= 0.6 is 12.6 Å². The lowest BCUT2D eigenvalue weighted by molar-refractivity contribution is -0.575. The van der Waals surface area contributed by atoms with Crippen molar-refractivity contribution in [2.75, 3.05) is 0 Å². The Balaban J connectivity index is 0.000000243. The lowest BCUT2D eigenvalue weighted by atomic mass is 10.1. The Morgan fingerprint density at radius 3 is 2.12 bits per heavy atom. The number of Topliss-reactive ketones (excluding diaryl/α,β-unsaturated/α-hetero) is 1. The normalized spacial score (nSPS) is 9.88. The summed E-state index contributed by atoms with van der Waals surface area (Å²) in [5.41, 5.74) is 4.58. The number of rotatable bonds is 3. The molecule has 0 aliphatic carbocycles. The number of aryl methyl sites for hydroxylation is 2. The van der Waals surface area contributed by atoms with Crippen LogP contribution in [0.5, 0.6) is 0 Å². The van der Waals surface area contributed by atoms with Crippen LogP contribution in [0, 0.1) is 13.8 Å². The molecule has 0 saturated heterocycles. The summed E-state index contributed by atoms with van der Waals surface area (Å²) in [5.74, 6) is 1.94. The van der Waals surface area contributed by atoms with Crippen LogP contribution in [0.15, 0.2) is 48.0 Å². The number of carbonyl (C=O) groups excluding carboxylic acids is 2. The smallest absolute Gasteiger partial charge is 0.185 e. The quantitative estimate of drug-likeness (QED) is 0.396. The maximum absolute atomic E-state index is 11.1. The van der Waals surface area contributed by atoms with Crippen molar-refractivity contribution in [3.05, 3.63) is 70.4 Å². The third kappa shape index (κ3) is 5.99. The van der Waals surface area contributed by atoms with E-state index in [9.17, 15) is 9.59 Å². The van der Waals surface area contributed by atoms with Gasteiger partial charge in [0.2, 0.25) is 0 Å². The van der Waals surface area contributed by atoms with Crippen molar-refractivity contribution in [3.8, 4) is 0 Å². The third-order valence-corrected chi connectivity index (χ3v) is 3.59. The summed E-state index contributed by atoms with van der Waals surface area (Å²) in [4.78, 5) is 21.3. The van der Waals surface area contributed by atoms with Gasteiger partial charge in [-0.15, -0.1) is 12.6 Å². The summed E-state index contributed by atoms with van der Waals surface area (Å²) in [6, 6.07) is 11.5. The van der Waals surface area contributed by atoms with Crippen LogP contribution in [-0.4, -0.2) is 11.7 Å². The number of thiol groups is 1. The van der Waals surface area contributed by atoms with Crippen molar-refractivity contribution in [3.63, 3.8) is 0 Å². The lowest BCUT2D eigenvalue weighted by Crippen LogP contribution is -2.30. The molecule has 2 aromatic rings. The highest BCUT2D eigenvalue weighted by Crippen LogP contribution is 2.10. The molecule has 0 bridgehead atoms. The summed E-state index contributed by atoms with van der Waals surface area (Å²) in [5, 5.41) is 1.64. The number of benzene rings is 1. The number of allylic oxidation sites excluding steroid dienone is 1. The van der Waals surface area contributed by atoms with E-state index in [4.69, 9.17) is 0 Å². The molecule has 0 saturated carbocycles. The first-order valence-electron chi connectivity index (χ1n) is 7.51. The summed E-state index contributed by atoms with van der Waals surface area (Å²) in [6.45, 7) is 7.30. The van der Waals surface area contributed by atoms with Crippen LogP contribution in [0.4, 0.5) is 0 Å². The molecular weight excluding hydrogens is 318 g/mol. The monoisotopic (exact) mass is 340 g/mol. The highest BCUT2D eigenvalue weighted by molar-refractivity contribution is 7.83. The predicted molar refractivity (Wildman–Crippen MR) is 102 cm³/mol. The fourth-order valence-corrected chi connectivity index (χ4v) is 2.04. The average molecular weight is 340 g/mol. The van der Waals surface area contributed by atoms with E-state index in [2.05, 4.69) is 12.6 Å². The van der Waals surface area contributed by atoms with Crippen LogP contribution < -0.4 is 4.57 Å². The van der Waals surface area contributed by atoms with Gasteiger partial charge in [0.15, 0.2) is 23.9 Å². The standard InChI is InChI=1S/C10H11NOS.C10H10O/c1-8-3-4-10(9(2)12)7-11(8)5-6-13;1-8-3-5-10(6-4-8)9(2)7-11/h3-7H,1-2H3;3-6H,1-2H3/p+1/b6-5-;. The van der Waals surface area contributed by atoms with Gasteiger partial charge in [-0.05, 0) is 32.4 Å². The summed E-state index contributed by atoms with van der Waals surface area (Å²) in [6.07, 6.45) is 3.59. The fourth-order valence-electron chi connectivity index (χ4n) is 1.89. The predicted octanol–water partition coefficient (Wildman–Crippen LogP) is 4.07. The molecule has 1 heterocycles. The second-order valence-corrected chi connectivity index (χ2v) is 5.71. The van der Waals surface area contributed by atoms with E-state index >= 15 is 0 Å². The van der Waals surface area contributed by atoms with Gasteiger partial charge < -0.3 is 0 Å². The Kier molecular flexibility index (Phi) is 7.90. The Morgan fingerprint density at radius 1 is 1.04 bits per heavy atom. The molecule has 1 aromatic carbocycles. The maximum Gasteiger partial charge on any atom is 0.185 e. The van der Waals surface area contributed by atoms with Crippen LogP contribution in [-0.2, 0) is 4.79 Å². The molecule has 0 aliphatic heterocycles. The van der Waals surface area contributed by atoms with Gasteiger partial charge in [0.05, 0.1) is 5.56 Å². The van der Waals surface area contributed by atoms with Crippen molar-refractivity contribution in [1.82, 2.24) is 0 Å². The number of hydrogen-bond donors (Lipinski definition) is 1. The molecule has 0 atom stereocenters. The van der Waals surface area contributed by atoms with Gasteiger partial charge in [-0.3, -0.25) is 4.79 Å². The Hall–Kier alpha value is -2.42. The Morgan fingerprint density at radius 2 is 1.62 bits per heavy atom. The van der Waals surface area contributed by atoms with Crippen LogP contribution in [0.2, 0.25) is 0 Å². The second-order valence-electron chi connectivity index (χ2n) is 5.41. The minimum absolute atomic E-state index is 0.0707. The zero-order chi connectivity index (χ0) is 18.1. The molecule has 0 radical (unpaired) electrons. The molecule has 2 rings (SSSR count). The zero-order valence-electron chi connectivity index (χ0n) is 14.4. The van der Waals surface area contributed by atoms with Gasteiger partial charge in [0.1, 0.15) is 5.94 Å². The summed E-state index contributed by atoms with van der Waals surface area (Å²) < 4.78 is 1.86. The van der Waals surface area contributed by atoms with E-state index in [0.29, 0.717) is 11.1 Å². The minimum atomic E-state index is 0.0707. The van der Waals surface area contributed by atoms with E-state index in [0.717, 1.165) is 11.3 Å². The summed E-state index contributed by atoms with van der Waals surface area (Å²) >= 11 is 3.98. The highest BCUT2D eigenvalue weighted by atomic mass is 32.1. The molecule has 4 heteroatoms. The van der Waals surface area contributed by atoms with Crippen molar-refractivity contribution in [1.29, 1.82) is 0 Å². The molecule has 0 fully saturated rings. The number of hydrogen-bond acceptors (Lipinski definition) is 3. The number of aromatic nitrogens is 1. The average Bonchev–Trinajstić information content (AvgIpc) is 2.57. The van der Waals surface area contributed by atoms with Crippen molar-refractivity contribution >= 4 is 36.1 Å². The first-order chi connectivity index (χ1) is 11.4. The van der Waals surface area contributed by atoms with E-state index < -0.39 is 0 Å². The topological polar surface area (TPSA) is 38.0 Å². The molecule has 24 heavy (non-hydrogen) atoms. The molecule has 0 amide bonds. The molecule has 0 unspecified atom stereocenters. The maximum atomic E-state index is 11.1. The molecule has 1 aromatic heterocycles. The van der Waals surface area contributed by atoms with Gasteiger partial charge in [0, 0.05) is 24.0 Å². The van der Waals surface area contributed by atoms with E-state index in [1.54, 1.807) is 31.7 Å². The second kappa shape index (κ2) is 9.66. The van der Waals surface area contributed by atoms with Crippen LogP contribution in [0.1, 0.15) is 41.0 Å². The van der Waals surface area contributed by atoms with Crippen molar-refractivity contribution in [2.45, 2.75) is 27.7 Å². The largest absolute Gasteiger partial charge is 0.294 e. The fraction of sp³-hybridized carbons (Fsp3) is 0.200. The SMILES string of the molecule is CC(=C=O)c1ccc(C)cc1.CC(=O)c1ccc(C)[n+](/C=C\S)c1. The number of ketones is 1. The van der Waals surface area contributed by atoms with Gasteiger partial charge >= 0.3 is 0 Å². The number of carbonyl (C=O) groups is 1. The third-order valence-electron chi connectivity index (χ3n) is 3.46. The van der Waals surface area contributed by atoms with Crippen molar-refractivity contribution in [2.24, 2.45) is 0 Å². The molecule has 0 N–H and O–H groups in total. The first kappa shape index (κ1) is 19.6. The Labute approximate surface area is 148 Å². The zero-order valence-corrected chi connectivity index (χ0v) is 15.3. The molecular formula is C20H22NO2S+. The lowest BCUT2D eigenvalue weighted by Gasteiger charge is -1.96. The number of pyridine rings is 1. The molecule has 124 valence electrons. The van der Waals surface area contributed by atoms with Crippen LogP contribution in [0.25, 0.3) is 11.8 Å². The Bertz CT molecular complexity index is 786. The minimum Gasteiger partial charge on any atom is -0.294 e. The molecule has 0 spiro atoms. The van der Waals surface area contributed by atoms with E-state index in [-0.39, 0.29) is 5.78 Å². The van der Waals surface area contributed by atoms with E-state index in [1.807, 2.05) is 60.8 Å². The van der Waals surface area contributed by atoms with Crippen molar-refractivity contribution < 1.29 is 14.2 Å². The number of nitrogens with zero attached hydrogens (tertiary/aromatic N) is 1. The van der Waals surface area contributed by atoms with Gasteiger partial charge in [-0.2, -0.15) is 4.57 Å². The van der Waals surface area contributed by atoms with Gasteiger partial charge in [0.25, 0.3) is 0 Å².